The Kier molecular flexibility index (Phi) is 5.67. The lowest BCUT2D eigenvalue weighted by atomic mass is 10.0. The summed E-state index contributed by atoms with van der Waals surface area (Å²) < 4.78 is 12.8. The number of hydrogen-bond donors (Lipinski definition) is 1. The molecule has 0 radical (unpaired) electrons. The topological polar surface area (TPSA) is 94.4 Å². The number of nitrogens with one attached hydrogen (secondary N) is 1. The second-order valence-electron chi connectivity index (χ2n) is 8.24. The van der Waals surface area contributed by atoms with Gasteiger partial charge in [-0.3, -0.25) is 9.89 Å². The maximum absolute atomic E-state index is 14.1. The fraction of sp³-hybridized carbons (Fsp3) is 0.0345. The number of ether oxygens (including phenoxy) is 2. The van der Waals surface area contributed by atoms with E-state index < -0.39 is 0 Å². The summed E-state index contributed by atoms with van der Waals surface area (Å²) in [4.78, 5) is 19.0. The van der Waals surface area contributed by atoms with Gasteiger partial charge in [0.25, 0.3) is 5.56 Å². The van der Waals surface area contributed by atoms with Gasteiger partial charge in [-0.1, -0.05) is 72.8 Å². The zero-order valence-electron chi connectivity index (χ0n) is 19.8. The number of hydrogen-bond acceptors (Lipinski definition) is 6. The quantitative estimate of drug-likeness (QED) is 0.328. The Morgan fingerprint density at radius 2 is 1.43 bits per heavy atom. The SMILES string of the molecule is COc1ccc(-c2c(Oc3cccnn3)nc3c(-c4ccccc4)c(-c4ccccc4)[nH]n3c2=O)cc1. The molecule has 0 bridgehead atoms. The molecule has 0 saturated carbocycles. The van der Waals surface area contributed by atoms with Crippen molar-refractivity contribution in [3.05, 3.63) is 114 Å². The summed E-state index contributed by atoms with van der Waals surface area (Å²) in [7, 11) is 1.59. The molecule has 0 amide bonds. The van der Waals surface area contributed by atoms with Crippen LogP contribution in [0.15, 0.2) is 108 Å². The molecule has 3 aromatic carbocycles. The van der Waals surface area contributed by atoms with Crippen molar-refractivity contribution in [2.45, 2.75) is 0 Å². The standard InChI is InChI=1S/C29H21N5O3/c1-36-22-16-14-20(15-17-22)25-28(37-23-13-8-18-30-32-23)31-27-24(19-9-4-2-5-10-19)26(33-34(27)29(25)35)21-11-6-3-7-12-21/h2-18,33H,1H3. The summed E-state index contributed by atoms with van der Waals surface area (Å²) in [5, 5.41) is 11.2. The third-order valence-electron chi connectivity index (χ3n) is 6.00. The van der Waals surface area contributed by atoms with E-state index in [1.807, 2.05) is 60.7 Å². The largest absolute Gasteiger partial charge is 0.497 e. The Balaban J connectivity index is 1.67. The van der Waals surface area contributed by atoms with Gasteiger partial charge in [-0.05, 0) is 29.3 Å². The number of H-pyrrole nitrogens is 1. The zero-order chi connectivity index (χ0) is 25.2. The highest BCUT2D eigenvalue weighted by molar-refractivity contribution is 5.91. The van der Waals surface area contributed by atoms with Gasteiger partial charge in [0.05, 0.1) is 18.4 Å². The molecule has 37 heavy (non-hydrogen) atoms. The van der Waals surface area contributed by atoms with Crippen LogP contribution in [0.1, 0.15) is 0 Å². The van der Waals surface area contributed by atoms with E-state index in [-0.39, 0.29) is 22.9 Å². The molecule has 0 aliphatic rings. The summed E-state index contributed by atoms with van der Waals surface area (Å²) in [5.41, 5.74) is 4.43. The lowest BCUT2D eigenvalue weighted by molar-refractivity contribution is 0.415. The van der Waals surface area contributed by atoms with E-state index in [9.17, 15) is 4.79 Å². The number of rotatable bonds is 6. The van der Waals surface area contributed by atoms with Crippen molar-refractivity contribution in [3.8, 4) is 51.0 Å². The molecular weight excluding hydrogens is 466 g/mol. The number of aromatic amines is 1. The molecule has 0 fully saturated rings. The van der Waals surface area contributed by atoms with Crippen LogP contribution in [0.5, 0.6) is 17.5 Å². The lowest BCUT2D eigenvalue weighted by Crippen LogP contribution is -2.18. The molecule has 0 saturated heterocycles. The van der Waals surface area contributed by atoms with Crippen LogP contribution in [-0.2, 0) is 0 Å². The highest BCUT2D eigenvalue weighted by atomic mass is 16.5. The monoisotopic (exact) mass is 487 g/mol. The Labute approximate surface area is 211 Å². The summed E-state index contributed by atoms with van der Waals surface area (Å²) in [6.07, 6.45) is 1.55. The van der Waals surface area contributed by atoms with Gasteiger partial charge in [0, 0.05) is 17.8 Å². The third-order valence-corrected chi connectivity index (χ3v) is 6.00. The van der Waals surface area contributed by atoms with Crippen molar-refractivity contribution in [1.82, 2.24) is 24.8 Å². The lowest BCUT2D eigenvalue weighted by Gasteiger charge is -2.11. The summed E-state index contributed by atoms with van der Waals surface area (Å²) in [6.45, 7) is 0. The molecule has 8 heteroatoms. The van der Waals surface area contributed by atoms with Crippen molar-refractivity contribution >= 4 is 5.65 Å². The van der Waals surface area contributed by atoms with E-state index in [0.29, 0.717) is 17.0 Å². The van der Waals surface area contributed by atoms with Crippen molar-refractivity contribution in [3.63, 3.8) is 0 Å². The van der Waals surface area contributed by atoms with Gasteiger partial charge in [-0.25, -0.2) is 0 Å². The van der Waals surface area contributed by atoms with E-state index in [2.05, 4.69) is 15.3 Å². The normalized spacial score (nSPS) is 10.9. The van der Waals surface area contributed by atoms with E-state index in [1.54, 1.807) is 49.7 Å². The van der Waals surface area contributed by atoms with E-state index in [1.165, 1.54) is 4.52 Å². The molecule has 8 nitrogen and oxygen atoms in total. The van der Waals surface area contributed by atoms with Crippen LogP contribution in [0.4, 0.5) is 0 Å². The molecule has 0 unspecified atom stereocenters. The predicted molar refractivity (Wildman–Crippen MR) is 141 cm³/mol. The van der Waals surface area contributed by atoms with Crippen LogP contribution in [0.25, 0.3) is 39.2 Å². The average Bonchev–Trinajstić information content (AvgIpc) is 3.35. The van der Waals surface area contributed by atoms with Crippen LogP contribution in [-0.4, -0.2) is 31.9 Å². The van der Waals surface area contributed by atoms with Crippen molar-refractivity contribution in [1.29, 1.82) is 0 Å². The molecular formula is C29H21N5O3. The van der Waals surface area contributed by atoms with Crippen LogP contribution in [0.3, 0.4) is 0 Å². The highest BCUT2D eigenvalue weighted by Crippen LogP contribution is 2.37. The minimum absolute atomic E-state index is 0.131. The first kappa shape index (κ1) is 22.2. The first-order chi connectivity index (χ1) is 18.2. The molecule has 0 atom stereocenters. The van der Waals surface area contributed by atoms with Crippen molar-refractivity contribution < 1.29 is 9.47 Å². The van der Waals surface area contributed by atoms with Crippen LogP contribution in [0, 0.1) is 0 Å². The molecule has 0 spiro atoms. The van der Waals surface area contributed by atoms with Crippen LogP contribution in [0.2, 0.25) is 0 Å². The van der Waals surface area contributed by atoms with Gasteiger partial charge in [-0.2, -0.15) is 14.6 Å². The third kappa shape index (κ3) is 4.10. The Morgan fingerprint density at radius 1 is 0.757 bits per heavy atom. The second-order valence-corrected chi connectivity index (χ2v) is 8.24. The predicted octanol–water partition coefficient (Wildman–Crippen LogP) is 5.61. The molecule has 3 aromatic heterocycles. The molecule has 180 valence electrons. The fourth-order valence-electron chi connectivity index (χ4n) is 4.26. The average molecular weight is 488 g/mol. The van der Waals surface area contributed by atoms with Gasteiger partial charge >= 0.3 is 0 Å². The van der Waals surface area contributed by atoms with E-state index in [0.717, 1.165) is 22.4 Å². The van der Waals surface area contributed by atoms with Crippen molar-refractivity contribution in [2.75, 3.05) is 7.11 Å². The first-order valence-corrected chi connectivity index (χ1v) is 11.6. The van der Waals surface area contributed by atoms with Gasteiger partial charge < -0.3 is 9.47 Å². The summed E-state index contributed by atoms with van der Waals surface area (Å²) in [6, 6.07) is 30.2. The molecule has 0 aliphatic heterocycles. The fourth-order valence-corrected chi connectivity index (χ4v) is 4.26. The summed E-state index contributed by atoms with van der Waals surface area (Å²) >= 11 is 0. The molecule has 0 aliphatic carbocycles. The Morgan fingerprint density at radius 3 is 2.08 bits per heavy atom. The zero-order valence-corrected chi connectivity index (χ0v) is 19.8. The van der Waals surface area contributed by atoms with E-state index in [4.69, 9.17) is 14.5 Å². The molecule has 6 rings (SSSR count). The first-order valence-electron chi connectivity index (χ1n) is 11.6. The minimum Gasteiger partial charge on any atom is -0.497 e. The van der Waals surface area contributed by atoms with Gasteiger partial charge in [0.15, 0.2) is 5.65 Å². The number of nitrogens with zero attached hydrogens (tertiary/aromatic N) is 4. The Hall–Kier alpha value is -5.24. The highest BCUT2D eigenvalue weighted by Gasteiger charge is 2.24. The number of methoxy groups -OCH3 is 1. The van der Waals surface area contributed by atoms with Gasteiger partial charge in [-0.15, -0.1) is 5.10 Å². The number of fused-ring (bicyclic) bond motifs is 1. The van der Waals surface area contributed by atoms with Gasteiger partial charge in [0.1, 0.15) is 11.3 Å². The number of benzene rings is 3. The maximum atomic E-state index is 14.1. The minimum atomic E-state index is -0.312. The Bertz CT molecular complexity index is 1730. The molecule has 3 heterocycles. The maximum Gasteiger partial charge on any atom is 0.284 e. The van der Waals surface area contributed by atoms with Crippen molar-refractivity contribution in [2.24, 2.45) is 0 Å². The second kappa shape index (κ2) is 9.43. The number of aromatic nitrogens is 5. The smallest absolute Gasteiger partial charge is 0.284 e. The van der Waals surface area contributed by atoms with Gasteiger partial charge in [0.2, 0.25) is 11.8 Å². The van der Waals surface area contributed by atoms with Crippen LogP contribution < -0.4 is 15.0 Å². The van der Waals surface area contributed by atoms with Crippen LogP contribution >= 0.6 is 0 Å². The molecule has 1 N–H and O–H groups in total. The van der Waals surface area contributed by atoms with E-state index >= 15 is 0 Å². The summed E-state index contributed by atoms with van der Waals surface area (Å²) in [5.74, 6) is 1.03. The molecule has 6 aromatic rings.